The topological polar surface area (TPSA) is 133 Å². The minimum atomic E-state index is -6.70. The van der Waals surface area contributed by atoms with E-state index in [1.807, 2.05) is 19.9 Å². The Morgan fingerprint density at radius 3 is 2.08 bits per heavy atom. The summed E-state index contributed by atoms with van der Waals surface area (Å²) in [5.41, 5.74) is -11.9. The van der Waals surface area contributed by atoms with Crippen LogP contribution in [0.3, 0.4) is 0 Å². The van der Waals surface area contributed by atoms with Crippen LogP contribution < -0.4 is 4.74 Å². The van der Waals surface area contributed by atoms with Gasteiger partial charge in [0.15, 0.2) is 12.5 Å². The first-order valence-electron chi connectivity index (χ1n) is 17.3. The summed E-state index contributed by atoms with van der Waals surface area (Å²) < 4.78 is 155. The van der Waals surface area contributed by atoms with Crippen LogP contribution in [0.15, 0.2) is 42.7 Å². The molecular formula is C36H32Cl2F10N4O7. The summed E-state index contributed by atoms with van der Waals surface area (Å²) in [7, 11) is 0. The second kappa shape index (κ2) is 17.3. The molecule has 0 N–H and O–H groups in total. The number of benzene rings is 2. The molecule has 0 unspecified atom stereocenters. The number of esters is 1. The van der Waals surface area contributed by atoms with E-state index in [0.29, 0.717) is 17.5 Å². The highest BCUT2D eigenvalue weighted by Gasteiger charge is 2.73. The zero-order chi connectivity index (χ0) is 44.4. The van der Waals surface area contributed by atoms with Gasteiger partial charge in [0.2, 0.25) is 0 Å². The van der Waals surface area contributed by atoms with Gasteiger partial charge in [0, 0.05) is 23.7 Å². The smallest absolute Gasteiger partial charge is 0.459 e. The molecule has 1 aliphatic carbocycles. The van der Waals surface area contributed by atoms with E-state index in [4.69, 9.17) is 37.4 Å². The molecule has 0 aliphatic heterocycles. The lowest BCUT2D eigenvalue weighted by Crippen LogP contribution is -2.50. The zero-order valence-corrected chi connectivity index (χ0v) is 32.4. The van der Waals surface area contributed by atoms with E-state index in [2.05, 4.69) is 9.84 Å². The normalized spacial score (nSPS) is 14.3. The quantitative estimate of drug-likeness (QED) is 0.0633. The van der Waals surface area contributed by atoms with Crippen LogP contribution in [0.1, 0.15) is 75.2 Å². The third-order valence-electron chi connectivity index (χ3n) is 9.38. The number of hydrogen-bond donors (Lipinski definition) is 0. The molecule has 1 aromatic heterocycles. The number of carbonyl (C=O) groups is 3. The first kappa shape index (κ1) is 46.7. The summed E-state index contributed by atoms with van der Waals surface area (Å²) >= 11 is 12.2. The number of nitriles is 1. The number of alkyl halides is 10. The van der Waals surface area contributed by atoms with Crippen LogP contribution in [0.5, 0.6) is 5.75 Å². The number of rotatable bonds is 15. The molecular weight excluding hydrogens is 861 g/mol. The maximum atomic E-state index is 14.8. The van der Waals surface area contributed by atoms with Crippen molar-refractivity contribution in [2.75, 3.05) is 13.3 Å². The molecule has 1 fully saturated rings. The van der Waals surface area contributed by atoms with E-state index >= 15 is 0 Å². The fraction of sp³-hybridized carbons (Fsp3) is 0.472. The van der Waals surface area contributed by atoms with Gasteiger partial charge in [-0.05, 0) is 68.9 Å². The molecule has 0 saturated heterocycles. The first-order chi connectivity index (χ1) is 27.2. The first-order valence-corrected chi connectivity index (χ1v) is 18.0. The Kier molecular flexibility index (Phi) is 13.7. The number of carbonyl (C=O) groups excluding carboxylic acids is 3. The van der Waals surface area contributed by atoms with Crippen molar-refractivity contribution in [2.24, 2.45) is 0 Å². The molecule has 0 atom stereocenters. The number of nitrogens with zero attached hydrogens (tertiary/aromatic N) is 4. The number of halogens is 12. The van der Waals surface area contributed by atoms with Crippen LogP contribution in [0, 0.1) is 11.3 Å². The molecule has 59 heavy (non-hydrogen) atoms. The van der Waals surface area contributed by atoms with Crippen LogP contribution in [0.2, 0.25) is 10.0 Å². The SMILES string of the molecule is CCC(C)(CC)OC(=O)CCCOC(=O)OCN(C(=O)c1cc(-c2cnn(-c3c(Cl)cc(C(F)(C(F)(F)F)C(F)(F)F)cc3OC(F)(F)F)c2)ccc1Cl)C1(C#N)CC1. The third-order valence-corrected chi connectivity index (χ3v) is 10.00. The summed E-state index contributed by atoms with van der Waals surface area (Å²) in [4.78, 5) is 39.3. The van der Waals surface area contributed by atoms with Crippen molar-refractivity contribution in [1.82, 2.24) is 14.7 Å². The van der Waals surface area contributed by atoms with E-state index in [1.165, 1.54) is 12.1 Å². The van der Waals surface area contributed by atoms with Gasteiger partial charge >= 0.3 is 36.5 Å². The highest BCUT2D eigenvalue weighted by Crippen LogP contribution is 2.55. The van der Waals surface area contributed by atoms with Crippen LogP contribution in [0.25, 0.3) is 16.8 Å². The van der Waals surface area contributed by atoms with Gasteiger partial charge in [-0.25, -0.2) is 13.9 Å². The van der Waals surface area contributed by atoms with Crippen molar-refractivity contribution < 1.29 is 77.2 Å². The maximum absolute atomic E-state index is 14.8. The van der Waals surface area contributed by atoms with Crippen LogP contribution in [-0.4, -0.2) is 75.9 Å². The lowest BCUT2D eigenvalue weighted by molar-refractivity contribution is -0.348. The predicted octanol–water partition coefficient (Wildman–Crippen LogP) is 10.5. The molecule has 1 aliphatic rings. The van der Waals surface area contributed by atoms with Gasteiger partial charge in [0.1, 0.15) is 16.8 Å². The Labute approximate surface area is 338 Å². The van der Waals surface area contributed by atoms with Crippen molar-refractivity contribution >= 4 is 41.2 Å². The Morgan fingerprint density at radius 2 is 1.54 bits per heavy atom. The summed E-state index contributed by atoms with van der Waals surface area (Å²) in [6.45, 7) is 4.47. The summed E-state index contributed by atoms with van der Waals surface area (Å²) in [5, 5.41) is 12.2. The minimum Gasteiger partial charge on any atom is -0.459 e. The molecule has 0 spiro atoms. The summed E-state index contributed by atoms with van der Waals surface area (Å²) in [6.07, 6.45) is -17.0. The fourth-order valence-electron chi connectivity index (χ4n) is 5.48. The van der Waals surface area contributed by atoms with Gasteiger partial charge in [-0.2, -0.15) is 36.7 Å². The van der Waals surface area contributed by atoms with E-state index in [0.717, 1.165) is 23.4 Å². The average Bonchev–Trinajstić information content (AvgIpc) is 3.78. The van der Waals surface area contributed by atoms with Crippen molar-refractivity contribution in [2.45, 2.75) is 94.8 Å². The van der Waals surface area contributed by atoms with Gasteiger partial charge in [-0.15, -0.1) is 13.2 Å². The molecule has 0 bridgehead atoms. The van der Waals surface area contributed by atoms with Crippen molar-refractivity contribution in [3.63, 3.8) is 0 Å². The average molecular weight is 894 g/mol. The standard InChI is InChI=1S/C36H32Cl2F10N4O7/c1-4-31(3,5-2)59-27(53)7-6-12-56-30(55)57-19-51(32(18-49)10-11-32)29(54)23-13-20(8-9-24(23)37)21-16-50-52(17-21)28-25(38)14-22(15-26(28)58-36(46,47)48)33(39,34(40,41)42)35(43,44)45/h8-9,13-17H,4-7,10-12,19H2,1-3H3. The van der Waals surface area contributed by atoms with E-state index in [-0.39, 0.29) is 60.1 Å². The molecule has 3 aromatic rings. The Hall–Kier alpha value is -4.97. The highest BCUT2D eigenvalue weighted by molar-refractivity contribution is 6.34. The number of ether oxygens (including phenoxy) is 4. The Balaban J connectivity index is 1.58. The van der Waals surface area contributed by atoms with Crippen LogP contribution in [0.4, 0.5) is 48.7 Å². The van der Waals surface area contributed by atoms with Crippen LogP contribution >= 0.6 is 23.2 Å². The van der Waals surface area contributed by atoms with Crippen molar-refractivity contribution in [1.29, 1.82) is 5.26 Å². The van der Waals surface area contributed by atoms with Gasteiger partial charge in [0.25, 0.3) is 5.91 Å². The molecule has 1 amide bonds. The third kappa shape index (κ3) is 10.4. The monoisotopic (exact) mass is 892 g/mol. The fourth-order valence-corrected chi connectivity index (χ4v) is 5.98. The molecule has 0 radical (unpaired) electrons. The molecule has 1 heterocycles. The van der Waals surface area contributed by atoms with Crippen molar-refractivity contribution in [3.8, 4) is 28.6 Å². The minimum absolute atomic E-state index is 0.0470. The van der Waals surface area contributed by atoms with E-state index in [9.17, 15) is 63.5 Å². The predicted molar refractivity (Wildman–Crippen MR) is 186 cm³/mol. The molecule has 1 saturated carbocycles. The van der Waals surface area contributed by atoms with Crippen molar-refractivity contribution in [3.05, 3.63) is 63.9 Å². The largest absolute Gasteiger partial charge is 0.573 e. The van der Waals surface area contributed by atoms with E-state index in [1.54, 1.807) is 6.92 Å². The maximum Gasteiger partial charge on any atom is 0.573 e. The van der Waals surface area contributed by atoms with Gasteiger partial charge in [-0.3, -0.25) is 14.5 Å². The summed E-state index contributed by atoms with van der Waals surface area (Å²) in [5.74, 6) is -3.22. The molecule has 11 nitrogen and oxygen atoms in total. The Bertz CT molecular complexity index is 2080. The lowest BCUT2D eigenvalue weighted by Gasteiger charge is -2.31. The lowest BCUT2D eigenvalue weighted by atomic mass is 9.93. The second-order valence-corrected chi connectivity index (χ2v) is 14.2. The van der Waals surface area contributed by atoms with E-state index < -0.39 is 88.4 Å². The number of amides is 1. The van der Waals surface area contributed by atoms with Gasteiger partial charge in [0.05, 0.1) is 34.5 Å². The number of aromatic nitrogens is 2. The van der Waals surface area contributed by atoms with Gasteiger partial charge in [-0.1, -0.05) is 43.1 Å². The van der Waals surface area contributed by atoms with Crippen LogP contribution in [-0.2, 0) is 24.7 Å². The molecule has 322 valence electrons. The molecule has 4 rings (SSSR count). The Morgan fingerprint density at radius 1 is 0.915 bits per heavy atom. The summed E-state index contributed by atoms with van der Waals surface area (Å²) in [6, 6.07) is 4.97. The highest BCUT2D eigenvalue weighted by atomic mass is 35.5. The van der Waals surface area contributed by atoms with Gasteiger partial charge < -0.3 is 18.9 Å². The second-order valence-electron chi connectivity index (χ2n) is 13.4. The zero-order valence-electron chi connectivity index (χ0n) is 30.9. The number of hydrogen-bond acceptors (Lipinski definition) is 9. The molecule has 2 aromatic carbocycles. The molecule has 23 heteroatoms.